The molecule has 17 heavy (non-hydrogen) atoms. The van der Waals surface area contributed by atoms with E-state index in [4.69, 9.17) is 9.84 Å². The van der Waals surface area contributed by atoms with E-state index in [1.807, 2.05) is 0 Å². The molecule has 0 aliphatic heterocycles. The average Bonchev–Trinajstić information content (AvgIpc) is 2.29. The molecule has 96 valence electrons. The van der Waals surface area contributed by atoms with Crippen LogP contribution in [0.25, 0.3) is 0 Å². The summed E-state index contributed by atoms with van der Waals surface area (Å²) in [5.41, 5.74) is 0.876. The van der Waals surface area contributed by atoms with Crippen LogP contribution in [0.15, 0.2) is 18.2 Å². The van der Waals surface area contributed by atoms with Gasteiger partial charge in [0.05, 0.1) is 12.7 Å². The zero-order chi connectivity index (χ0) is 12.7. The lowest BCUT2D eigenvalue weighted by molar-refractivity contribution is 0.0594. The Morgan fingerprint density at radius 2 is 2.06 bits per heavy atom. The second-order valence-corrected chi connectivity index (χ2v) is 3.90. The van der Waals surface area contributed by atoms with Gasteiger partial charge in [-0.2, -0.15) is 0 Å². The largest absolute Gasteiger partial charge is 0.504 e. The number of benzene rings is 1. The van der Waals surface area contributed by atoms with Crippen LogP contribution in [0.4, 0.5) is 0 Å². The molecule has 0 aliphatic rings. The molecule has 5 nitrogen and oxygen atoms in total. The van der Waals surface area contributed by atoms with Gasteiger partial charge in [0.15, 0.2) is 11.5 Å². The molecule has 0 radical (unpaired) electrons. The maximum atomic E-state index is 9.39. The van der Waals surface area contributed by atoms with Crippen molar-refractivity contribution in [2.24, 2.45) is 0 Å². The number of nitrogens with one attached hydrogen (secondary N) is 1. The molecule has 0 saturated carbocycles. The minimum Gasteiger partial charge on any atom is -0.504 e. The Hall–Kier alpha value is -1.30. The van der Waals surface area contributed by atoms with Crippen LogP contribution in [0, 0.1) is 0 Å². The van der Waals surface area contributed by atoms with Gasteiger partial charge in [-0.05, 0) is 30.7 Å². The quantitative estimate of drug-likeness (QED) is 0.415. The minimum absolute atomic E-state index is 0.121. The Labute approximate surface area is 101 Å². The molecule has 1 aromatic rings. The normalized spacial score (nSPS) is 12.6. The topological polar surface area (TPSA) is 82.0 Å². The summed E-state index contributed by atoms with van der Waals surface area (Å²) in [4.78, 5) is 0. The Balaban J connectivity index is 2.24. The van der Waals surface area contributed by atoms with Crippen molar-refractivity contribution in [1.29, 1.82) is 0 Å². The molecule has 1 rings (SSSR count). The maximum Gasteiger partial charge on any atom is 0.157 e. The monoisotopic (exact) mass is 241 g/mol. The molecule has 0 spiro atoms. The Bertz CT molecular complexity index is 343. The second kappa shape index (κ2) is 7.11. The third-order valence-corrected chi connectivity index (χ3v) is 2.38. The summed E-state index contributed by atoms with van der Waals surface area (Å²) in [5, 5.41) is 30.9. The molecular formula is C12H19NO4. The van der Waals surface area contributed by atoms with E-state index in [2.05, 4.69) is 5.32 Å². The second-order valence-electron chi connectivity index (χ2n) is 3.90. The molecule has 0 heterocycles. The van der Waals surface area contributed by atoms with Crippen LogP contribution in [0.3, 0.4) is 0 Å². The third-order valence-electron chi connectivity index (χ3n) is 2.38. The van der Waals surface area contributed by atoms with Gasteiger partial charge < -0.3 is 25.4 Å². The first-order valence-electron chi connectivity index (χ1n) is 5.52. The van der Waals surface area contributed by atoms with E-state index in [1.54, 1.807) is 13.2 Å². The van der Waals surface area contributed by atoms with Gasteiger partial charge in [0.25, 0.3) is 0 Å². The fraction of sp³-hybridized carbons (Fsp3) is 0.500. The van der Waals surface area contributed by atoms with Gasteiger partial charge >= 0.3 is 0 Å². The minimum atomic E-state index is -0.458. The number of methoxy groups -OCH3 is 1. The lowest BCUT2D eigenvalue weighted by atomic mass is 10.2. The van der Waals surface area contributed by atoms with Crippen molar-refractivity contribution in [3.8, 4) is 11.5 Å². The smallest absolute Gasteiger partial charge is 0.157 e. The number of aliphatic hydroxyl groups excluding tert-OH is 1. The lowest BCUT2D eigenvalue weighted by Gasteiger charge is -2.10. The fourth-order valence-electron chi connectivity index (χ4n) is 1.46. The van der Waals surface area contributed by atoms with Crippen LogP contribution in [0.1, 0.15) is 12.0 Å². The summed E-state index contributed by atoms with van der Waals surface area (Å²) < 4.78 is 4.81. The number of rotatable bonds is 7. The van der Waals surface area contributed by atoms with E-state index in [0.717, 1.165) is 5.56 Å². The first-order chi connectivity index (χ1) is 8.13. The SMILES string of the molecule is COCC(O)CCNCc1ccc(O)c(O)c1. The van der Waals surface area contributed by atoms with Crippen molar-refractivity contribution in [1.82, 2.24) is 5.32 Å². The van der Waals surface area contributed by atoms with Gasteiger partial charge in [-0.1, -0.05) is 6.07 Å². The number of phenolic OH excluding ortho intramolecular Hbond substituents is 2. The van der Waals surface area contributed by atoms with Gasteiger partial charge in [0, 0.05) is 13.7 Å². The summed E-state index contributed by atoms with van der Waals surface area (Å²) in [5.74, 6) is -0.243. The van der Waals surface area contributed by atoms with Gasteiger partial charge in [-0.3, -0.25) is 0 Å². The van der Waals surface area contributed by atoms with Crippen molar-refractivity contribution in [2.75, 3.05) is 20.3 Å². The molecule has 1 aromatic carbocycles. The first-order valence-corrected chi connectivity index (χ1v) is 5.52. The average molecular weight is 241 g/mol. The summed E-state index contributed by atoms with van der Waals surface area (Å²) in [7, 11) is 1.55. The highest BCUT2D eigenvalue weighted by molar-refractivity contribution is 5.40. The van der Waals surface area contributed by atoms with Crippen molar-refractivity contribution < 1.29 is 20.1 Å². The predicted octanol–water partition coefficient (Wildman–Crippen LogP) is 0.585. The molecule has 0 aliphatic carbocycles. The standard InChI is InChI=1S/C12H19NO4/c1-17-8-10(14)4-5-13-7-9-2-3-11(15)12(16)6-9/h2-3,6,10,13-16H,4-5,7-8H2,1H3. The maximum absolute atomic E-state index is 9.39. The molecule has 0 bridgehead atoms. The van der Waals surface area contributed by atoms with E-state index < -0.39 is 6.10 Å². The number of hydrogen-bond acceptors (Lipinski definition) is 5. The Morgan fingerprint density at radius 3 is 2.71 bits per heavy atom. The number of ether oxygens (including phenoxy) is 1. The molecule has 4 N–H and O–H groups in total. The van der Waals surface area contributed by atoms with Gasteiger partial charge in [0.2, 0.25) is 0 Å². The Morgan fingerprint density at radius 1 is 1.29 bits per heavy atom. The summed E-state index contributed by atoms with van der Waals surface area (Å²) in [6.45, 7) is 1.57. The fourth-order valence-corrected chi connectivity index (χ4v) is 1.46. The number of hydrogen-bond donors (Lipinski definition) is 4. The van der Waals surface area contributed by atoms with E-state index in [0.29, 0.717) is 26.1 Å². The third kappa shape index (κ3) is 5.04. The zero-order valence-corrected chi connectivity index (χ0v) is 9.89. The van der Waals surface area contributed by atoms with E-state index in [1.165, 1.54) is 12.1 Å². The highest BCUT2D eigenvalue weighted by atomic mass is 16.5. The molecule has 1 atom stereocenters. The van der Waals surface area contributed by atoms with Crippen LogP contribution in [0.5, 0.6) is 11.5 Å². The number of aromatic hydroxyl groups is 2. The molecule has 0 amide bonds. The first kappa shape index (κ1) is 13.8. The summed E-state index contributed by atoms with van der Waals surface area (Å²) in [6.07, 6.45) is 0.151. The molecule has 5 heteroatoms. The van der Waals surface area contributed by atoms with Crippen molar-refractivity contribution in [2.45, 2.75) is 19.1 Å². The van der Waals surface area contributed by atoms with E-state index in [-0.39, 0.29) is 11.5 Å². The highest BCUT2D eigenvalue weighted by Crippen LogP contribution is 2.24. The molecule has 0 fully saturated rings. The van der Waals surface area contributed by atoms with Crippen molar-refractivity contribution >= 4 is 0 Å². The van der Waals surface area contributed by atoms with Crippen LogP contribution in [-0.4, -0.2) is 41.7 Å². The highest BCUT2D eigenvalue weighted by Gasteiger charge is 2.03. The summed E-state index contributed by atoms with van der Waals surface area (Å²) in [6, 6.07) is 4.69. The number of phenols is 2. The predicted molar refractivity (Wildman–Crippen MR) is 64.0 cm³/mol. The molecule has 0 aromatic heterocycles. The Kier molecular flexibility index (Phi) is 5.76. The summed E-state index contributed by atoms with van der Waals surface area (Å²) >= 11 is 0. The van der Waals surface area contributed by atoms with Gasteiger partial charge in [0.1, 0.15) is 0 Å². The molecule has 0 saturated heterocycles. The van der Waals surface area contributed by atoms with Gasteiger partial charge in [-0.15, -0.1) is 0 Å². The van der Waals surface area contributed by atoms with Crippen LogP contribution in [0.2, 0.25) is 0 Å². The van der Waals surface area contributed by atoms with Crippen molar-refractivity contribution in [3.05, 3.63) is 23.8 Å². The van der Waals surface area contributed by atoms with Crippen LogP contribution in [-0.2, 0) is 11.3 Å². The van der Waals surface area contributed by atoms with Crippen molar-refractivity contribution in [3.63, 3.8) is 0 Å². The van der Waals surface area contributed by atoms with E-state index in [9.17, 15) is 10.2 Å². The lowest BCUT2D eigenvalue weighted by Crippen LogP contribution is -2.22. The van der Waals surface area contributed by atoms with Crippen LogP contribution < -0.4 is 5.32 Å². The van der Waals surface area contributed by atoms with E-state index >= 15 is 0 Å². The molecular weight excluding hydrogens is 222 g/mol. The molecule has 1 unspecified atom stereocenters. The number of aliphatic hydroxyl groups is 1. The van der Waals surface area contributed by atoms with Gasteiger partial charge in [-0.25, -0.2) is 0 Å². The zero-order valence-electron chi connectivity index (χ0n) is 9.89. The van der Waals surface area contributed by atoms with Crippen LogP contribution >= 0.6 is 0 Å².